The minimum absolute atomic E-state index is 0.263. The highest BCUT2D eigenvalue weighted by Gasteiger charge is 2.11. The van der Waals surface area contributed by atoms with Gasteiger partial charge in [0.25, 0.3) is 0 Å². The number of hydrogen-bond acceptors (Lipinski definition) is 6. The molecule has 0 bridgehead atoms. The molecule has 2 aromatic heterocycles. The van der Waals surface area contributed by atoms with Gasteiger partial charge in [0.05, 0.1) is 10.4 Å². The molecule has 0 aliphatic heterocycles. The van der Waals surface area contributed by atoms with Gasteiger partial charge in [-0.3, -0.25) is 4.98 Å². The minimum atomic E-state index is -3.29. The quantitative estimate of drug-likeness (QED) is 0.587. The zero-order valence-electron chi connectivity index (χ0n) is 13.6. The van der Waals surface area contributed by atoms with Crippen molar-refractivity contribution in [2.24, 2.45) is 0 Å². The maximum atomic E-state index is 11.8. The Bertz CT molecular complexity index is 1210. The highest BCUT2D eigenvalue weighted by atomic mass is 32.2. The SMILES string of the molecule is Cc1cc(Nc2ccnc3ccc(S(C)(=O)=O)cc23)cc2n[nH]nc12. The van der Waals surface area contributed by atoms with Crippen molar-refractivity contribution in [3.63, 3.8) is 0 Å². The molecule has 0 unspecified atom stereocenters. The van der Waals surface area contributed by atoms with E-state index in [1.165, 1.54) is 6.26 Å². The number of nitrogens with zero attached hydrogens (tertiary/aromatic N) is 3. The summed E-state index contributed by atoms with van der Waals surface area (Å²) in [4.78, 5) is 4.57. The molecule has 0 atom stereocenters. The third-order valence-corrected chi connectivity index (χ3v) is 5.14. The fourth-order valence-corrected chi connectivity index (χ4v) is 3.46. The van der Waals surface area contributed by atoms with E-state index in [0.717, 1.165) is 38.9 Å². The molecule has 0 saturated heterocycles. The van der Waals surface area contributed by atoms with Crippen molar-refractivity contribution in [3.8, 4) is 0 Å². The molecule has 0 radical (unpaired) electrons. The standard InChI is InChI=1S/C17H15N5O2S/c1-10-7-11(8-16-17(10)21-22-20-16)19-15-5-6-18-14-4-3-12(9-13(14)15)25(2,23)24/h3-9H,1-2H3,(H,18,19)(H,20,21,22). The van der Waals surface area contributed by atoms with Crippen LogP contribution >= 0.6 is 0 Å². The van der Waals surface area contributed by atoms with Crippen LogP contribution in [-0.4, -0.2) is 35.1 Å². The highest BCUT2D eigenvalue weighted by Crippen LogP contribution is 2.29. The Hall–Kier alpha value is -3.00. The van der Waals surface area contributed by atoms with Gasteiger partial charge >= 0.3 is 0 Å². The zero-order chi connectivity index (χ0) is 17.6. The smallest absolute Gasteiger partial charge is 0.175 e. The van der Waals surface area contributed by atoms with E-state index in [9.17, 15) is 8.42 Å². The lowest BCUT2D eigenvalue weighted by atomic mass is 10.1. The van der Waals surface area contributed by atoms with E-state index >= 15 is 0 Å². The van der Waals surface area contributed by atoms with Crippen LogP contribution in [0.2, 0.25) is 0 Å². The Morgan fingerprint density at radius 1 is 1.04 bits per heavy atom. The first-order valence-electron chi connectivity index (χ1n) is 7.59. The molecule has 0 aliphatic carbocycles. The first-order valence-corrected chi connectivity index (χ1v) is 9.48. The molecule has 2 heterocycles. The second-order valence-corrected chi connectivity index (χ2v) is 7.93. The van der Waals surface area contributed by atoms with E-state index in [0.29, 0.717) is 0 Å². The van der Waals surface area contributed by atoms with Crippen LogP contribution in [0.1, 0.15) is 5.56 Å². The van der Waals surface area contributed by atoms with Gasteiger partial charge in [-0.2, -0.15) is 15.4 Å². The number of aromatic nitrogens is 4. The molecule has 0 amide bonds. The van der Waals surface area contributed by atoms with Crippen molar-refractivity contribution in [2.75, 3.05) is 11.6 Å². The van der Waals surface area contributed by atoms with Crippen LogP contribution in [0.25, 0.3) is 21.9 Å². The van der Waals surface area contributed by atoms with Gasteiger partial charge in [0, 0.05) is 29.2 Å². The number of hydrogen-bond donors (Lipinski definition) is 2. The van der Waals surface area contributed by atoms with Crippen LogP contribution in [0, 0.1) is 6.92 Å². The number of aryl methyl sites for hydroxylation is 1. The number of rotatable bonds is 3. The Morgan fingerprint density at radius 2 is 1.88 bits per heavy atom. The van der Waals surface area contributed by atoms with E-state index in [-0.39, 0.29) is 4.90 Å². The molecule has 2 N–H and O–H groups in total. The predicted molar refractivity (Wildman–Crippen MR) is 96.8 cm³/mol. The van der Waals surface area contributed by atoms with Crippen molar-refractivity contribution in [1.29, 1.82) is 0 Å². The van der Waals surface area contributed by atoms with E-state index in [4.69, 9.17) is 0 Å². The number of fused-ring (bicyclic) bond motifs is 2. The van der Waals surface area contributed by atoms with Gasteiger partial charge in [0.15, 0.2) is 9.84 Å². The lowest BCUT2D eigenvalue weighted by molar-refractivity contribution is 0.602. The second-order valence-electron chi connectivity index (χ2n) is 5.92. The number of sulfone groups is 1. The fourth-order valence-electron chi connectivity index (χ4n) is 2.81. The maximum absolute atomic E-state index is 11.8. The molecule has 0 aliphatic rings. The minimum Gasteiger partial charge on any atom is -0.355 e. The van der Waals surface area contributed by atoms with Crippen molar-refractivity contribution in [1.82, 2.24) is 20.4 Å². The lowest BCUT2D eigenvalue weighted by Gasteiger charge is -2.11. The Balaban J connectivity index is 1.85. The van der Waals surface area contributed by atoms with E-state index in [1.54, 1.807) is 24.4 Å². The Morgan fingerprint density at radius 3 is 2.68 bits per heavy atom. The van der Waals surface area contributed by atoms with Crippen molar-refractivity contribution >= 4 is 43.1 Å². The zero-order valence-corrected chi connectivity index (χ0v) is 14.4. The topological polar surface area (TPSA) is 101 Å². The average Bonchev–Trinajstić information content (AvgIpc) is 3.03. The molecule has 0 fully saturated rings. The molecule has 0 spiro atoms. The summed E-state index contributed by atoms with van der Waals surface area (Å²) in [5.41, 5.74) is 4.91. The summed E-state index contributed by atoms with van der Waals surface area (Å²) in [6.07, 6.45) is 2.88. The fraction of sp³-hybridized carbons (Fsp3) is 0.118. The summed E-state index contributed by atoms with van der Waals surface area (Å²) in [5, 5.41) is 14.9. The second kappa shape index (κ2) is 5.52. The third-order valence-electron chi connectivity index (χ3n) is 4.03. The van der Waals surface area contributed by atoms with Crippen LogP contribution < -0.4 is 5.32 Å². The highest BCUT2D eigenvalue weighted by molar-refractivity contribution is 7.90. The summed E-state index contributed by atoms with van der Waals surface area (Å²) in [6.45, 7) is 1.96. The van der Waals surface area contributed by atoms with Crippen molar-refractivity contribution in [3.05, 3.63) is 48.2 Å². The van der Waals surface area contributed by atoms with Crippen molar-refractivity contribution < 1.29 is 8.42 Å². The monoisotopic (exact) mass is 353 g/mol. The van der Waals surface area contributed by atoms with Crippen molar-refractivity contribution in [2.45, 2.75) is 11.8 Å². The number of benzene rings is 2. The predicted octanol–water partition coefficient (Wildman–Crippen LogP) is 2.96. The lowest BCUT2D eigenvalue weighted by Crippen LogP contribution is -1.98. The van der Waals surface area contributed by atoms with E-state index in [1.807, 2.05) is 25.1 Å². The van der Waals surface area contributed by atoms with Crippen LogP contribution in [0.3, 0.4) is 0 Å². The molecule has 0 saturated carbocycles. The molecular weight excluding hydrogens is 338 g/mol. The molecule has 126 valence electrons. The molecule has 7 nitrogen and oxygen atoms in total. The Kier molecular flexibility index (Phi) is 3.43. The molecule has 25 heavy (non-hydrogen) atoms. The van der Waals surface area contributed by atoms with Crippen LogP contribution in [0.15, 0.2) is 47.5 Å². The number of aromatic amines is 1. The largest absolute Gasteiger partial charge is 0.355 e. The van der Waals surface area contributed by atoms with Crippen LogP contribution in [0.5, 0.6) is 0 Å². The number of nitrogens with one attached hydrogen (secondary N) is 2. The number of pyridine rings is 1. The first kappa shape index (κ1) is 15.5. The molecule has 8 heteroatoms. The summed E-state index contributed by atoms with van der Waals surface area (Å²) >= 11 is 0. The normalized spacial score (nSPS) is 11.9. The summed E-state index contributed by atoms with van der Waals surface area (Å²) < 4.78 is 23.7. The number of anilines is 2. The maximum Gasteiger partial charge on any atom is 0.175 e. The summed E-state index contributed by atoms with van der Waals surface area (Å²) in [5.74, 6) is 0. The first-order chi connectivity index (χ1) is 11.9. The number of H-pyrrole nitrogens is 1. The van der Waals surface area contributed by atoms with Gasteiger partial charge in [0.2, 0.25) is 0 Å². The van der Waals surface area contributed by atoms with Crippen LogP contribution in [0.4, 0.5) is 11.4 Å². The Labute approximate surface area is 144 Å². The molecular formula is C17H15N5O2S. The van der Waals surface area contributed by atoms with Gasteiger partial charge in [-0.1, -0.05) is 0 Å². The van der Waals surface area contributed by atoms with Gasteiger partial charge in [-0.05, 0) is 48.9 Å². The van der Waals surface area contributed by atoms with Crippen LogP contribution in [-0.2, 0) is 9.84 Å². The molecule has 4 rings (SSSR count). The van der Waals surface area contributed by atoms with Gasteiger partial charge in [0.1, 0.15) is 11.0 Å². The van der Waals surface area contributed by atoms with E-state index in [2.05, 4.69) is 25.7 Å². The van der Waals surface area contributed by atoms with Gasteiger partial charge in [-0.15, -0.1) is 0 Å². The van der Waals surface area contributed by atoms with E-state index < -0.39 is 9.84 Å². The third kappa shape index (κ3) is 2.80. The summed E-state index contributed by atoms with van der Waals surface area (Å²) in [7, 11) is -3.29. The summed E-state index contributed by atoms with van der Waals surface area (Å²) in [6, 6.07) is 10.6. The van der Waals surface area contributed by atoms with Gasteiger partial charge < -0.3 is 5.32 Å². The average molecular weight is 353 g/mol. The molecule has 4 aromatic rings. The molecule has 2 aromatic carbocycles. The van der Waals surface area contributed by atoms with Gasteiger partial charge in [-0.25, -0.2) is 8.42 Å².